The maximum Gasteiger partial charge on any atom is 0.145 e. The lowest BCUT2D eigenvalue weighted by Gasteiger charge is -2.09. The van der Waals surface area contributed by atoms with Crippen LogP contribution in [0.5, 0.6) is 11.5 Å². The van der Waals surface area contributed by atoms with Crippen LogP contribution in [0.4, 0.5) is 0 Å². The molecule has 1 aromatic heterocycles. The number of hydrogen-bond donors (Lipinski definition) is 1. The van der Waals surface area contributed by atoms with Gasteiger partial charge in [-0.2, -0.15) is 0 Å². The van der Waals surface area contributed by atoms with Crippen LogP contribution in [0.15, 0.2) is 42.6 Å². The molecule has 3 nitrogen and oxygen atoms in total. The van der Waals surface area contributed by atoms with Crippen molar-refractivity contribution in [2.24, 2.45) is 5.73 Å². The Kier molecular flexibility index (Phi) is 3.95. The highest BCUT2D eigenvalue weighted by molar-refractivity contribution is 5.32. The fraction of sp³-hybridized carbons (Fsp3) is 0.267. The van der Waals surface area contributed by atoms with Gasteiger partial charge in [0.25, 0.3) is 0 Å². The molecule has 0 saturated heterocycles. The summed E-state index contributed by atoms with van der Waals surface area (Å²) in [7, 11) is 0. The highest BCUT2D eigenvalue weighted by atomic mass is 16.5. The third-order valence-electron chi connectivity index (χ3n) is 2.84. The number of ether oxygens (including phenoxy) is 1. The fourth-order valence-electron chi connectivity index (χ4n) is 1.62. The third-order valence-corrected chi connectivity index (χ3v) is 2.84. The van der Waals surface area contributed by atoms with Gasteiger partial charge in [-0.15, -0.1) is 0 Å². The van der Waals surface area contributed by atoms with E-state index < -0.39 is 0 Å². The SMILES string of the molecule is CC[C@H](N)c1ccc(Oc2ccc(C)cc2)cn1. The summed E-state index contributed by atoms with van der Waals surface area (Å²) in [5.74, 6) is 1.54. The Balaban J connectivity index is 2.08. The average molecular weight is 242 g/mol. The van der Waals surface area contributed by atoms with Crippen molar-refractivity contribution in [1.82, 2.24) is 4.98 Å². The summed E-state index contributed by atoms with van der Waals surface area (Å²) in [5, 5.41) is 0. The Labute approximate surface area is 108 Å². The fourth-order valence-corrected chi connectivity index (χ4v) is 1.62. The molecule has 2 N–H and O–H groups in total. The molecule has 3 heteroatoms. The van der Waals surface area contributed by atoms with Crippen LogP contribution in [0.2, 0.25) is 0 Å². The molecule has 0 bridgehead atoms. The summed E-state index contributed by atoms with van der Waals surface area (Å²) in [6.45, 7) is 4.09. The Bertz CT molecular complexity index is 491. The van der Waals surface area contributed by atoms with Gasteiger partial charge in [-0.3, -0.25) is 4.98 Å². The average Bonchev–Trinajstić information content (AvgIpc) is 2.41. The highest BCUT2D eigenvalue weighted by Gasteiger charge is 2.05. The van der Waals surface area contributed by atoms with Crippen LogP contribution in [0.3, 0.4) is 0 Å². The minimum atomic E-state index is -0.00146. The number of rotatable bonds is 4. The molecule has 1 atom stereocenters. The zero-order chi connectivity index (χ0) is 13.0. The molecule has 94 valence electrons. The number of pyridine rings is 1. The van der Waals surface area contributed by atoms with Crippen LogP contribution in [0, 0.1) is 6.92 Å². The van der Waals surface area contributed by atoms with Gasteiger partial charge in [-0.1, -0.05) is 24.6 Å². The van der Waals surface area contributed by atoms with Gasteiger partial charge in [0, 0.05) is 6.04 Å². The molecule has 1 heterocycles. The zero-order valence-corrected chi connectivity index (χ0v) is 10.8. The molecule has 0 radical (unpaired) electrons. The van der Waals surface area contributed by atoms with Crippen LogP contribution >= 0.6 is 0 Å². The summed E-state index contributed by atoms with van der Waals surface area (Å²) in [4.78, 5) is 4.31. The van der Waals surface area contributed by atoms with Crippen LogP contribution in [0.1, 0.15) is 30.6 Å². The van der Waals surface area contributed by atoms with E-state index in [2.05, 4.69) is 4.98 Å². The van der Waals surface area contributed by atoms with Crippen molar-refractivity contribution >= 4 is 0 Å². The third kappa shape index (κ3) is 3.08. The van der Waals surface area contributed by atoms with E-state index in [9.17, 15) is 0 Å². The van der Waals surface area contributed by atoms with Gasteiger partial charge >= 0.3 is 0 Å². The zero-order valence-electron chi connectivity index (χ0n) is 10.8. The molecule has 1 aromatic carbocycles. The lowest BCUT2D eigenvalue weighted by Crippen LogP contribution is -2.10. The summed E-state index contributed by atoms with van der Waals surface area (Å²) < 4.78 is 5.70. The van der Waals surface area contributed by atoms with E-state index in [0.29, 0.717) is 0 Å². The van der Waals surface area contributed by atoms with Gasteiger partial charge in [-0.05, 0) is 37.6 Å². The molecule has 0 aliphatic heterocycles. The summed E-state index contributed by atoms with van der Waals surface area (Å²) in [6.07, 6.45) is 2.59. The maximum atomic E-state index is 5.91. The second-order valence-electron chi connectivity index (χ2n) is 4.35. The molecule has 0 amide bonds. The second-order valence-corrected chi connectivity index (χ2v) is 4.35. The summed E-state index contributed by atoms with van der Waals surface area (Å²) >= 11 is 0. The van der Waals surface area contributed by atoms with E-state index in [1.54, 1.807) is 6.20 Å². The van der Waals surface area contributed by atoms with Crippen molar-refractivity contribution in [3.63, 3.8) is 0 Å². The van der Waals surface area contributed by atoms with E-state index in [4.69, 9.17) is 10.5 Å². The normalized spacial score (nSPS) is 12.2. The monoisotopic (exact) mass is 242 g/mol. The number of nitrogens with zero attached hydrogens (tertiary/aromatic N) is 1. The van der Waals surface area contributed by atoms with E-state index in [1.165, 1.54) is 5.56 Å². The van der Waals surface area contributed by atoms with Crippen molar-refractivity contribution in [3.8, 4) is 11.5 Å². The minimum Gasteiger partial charge on any atom is -0.456 e. The van der Waals surface area contributed by atoms with Gasteiger partial charge in [0.05, 0.1) is 11.9 Å². The van der Waals surface area contributed by atoms with Gasteiger partial charge in [0.15, 0.2) is 0 Å². The van der Waals surface area contributed by atoms with E-state index in [-0.39, 0.29) is 6.04 Å². The Morgan fingerprint density at radius 3 is 2.33 bits per heavy atom. The first kappa shape index (κ1) is 12.6. The highest BCUT2D eigenvalue weighted by Crippen LogP contribution is 2.22. The quantitative estimate of drug-likeness (QED) is 0.891. The van der Waals surface area contributed by atoms with Gasteiger partial charge in [0.2, 0.25) is 0 Å². The molecule has 0 unspecified atom stereocenters. The van der Waals surface area contributed by atoms with E-state index in [1.807, 2.05) is 50.2 Å². The maximum absolute atomic E-state index is 5.91. The van der Waals surface area contributed by atoms with Gasteiger partial charge in [-0.25, -0.2) is 0 Å². The van der Waals surface area contributed by atoms with Crippen LogP contribution in [-0.2, 0) is 0 Å². The lowest BCUT2D eigenvalue weighted by molar-refractivity contribution is 0.479. The van der Waals surface area contributed by atoms with E-state index >= 15 is 0 Å². The lowest BCUT2D eigenvalue weighted by atomic mass is 10.1. The molecule has 18 heavy (non-hydrogen) atoms. The molecule has 0 saturated carbocycles. The van der Waals surface area contributed by atoms with Crippen molar-refractivity contribution < 1.29 is 4.74 Å². The standard InChI is InChI=1S/C15H18N2O/c1-3-14(16)15-9-8-13(10-17-15)18-12-6-4-11(2)5-7-12/h4-10,14H,3,16H2,1-2H3/t14-/m0/s1. The van der Waals surface area contributed by atoms with Gasteiger partial charge in [0.1, 0.15) is 11.5 Å². The second kappa shape index (κ2) is 5.65. The molecule has 2 aromatic rings. The number of benzene rings is 1. The topological polar surface area (TPSA) is 48.1 Å². The van der Waals surface area contributed by atoms with Crippen LogP contribution in [0.25, 0.3) is 0 Å². The predicted octanol–water partition coefficient (Wildman–Crippen LogP) is 3.59. The number of nitrogens with two attached hydrogens (primary N) is 1. The first-order valence-corrected chi connectivity index (χ1v) is 6.15. The van der Waals surface area contributed by atoms with E-state index in [0.717, 1.165) is 23.6 Å². The largest absolute Gasteiger partial charge is 0.456 e. The van der Waals surface area contributed by atoms with Crippen molar-refractivity contribution in [1.29, 1.82) is 0 Å². The number of aryl methyl sites for hydroxylation is 1. The van der Waals surface area contributed by atoms with Crippen molar-refractivity contribution in [2.45, 2.75) is 26.3 Å². The Morgan fingerprint density at radius 1 is 1.11 bits per heavy atom. The minimum absolute atomic E-state index is 0.00146. The number of hydrogen-bond acceptors (Lipinski definition) is 3. The summed E-state index contributed by atoms with van der Waals surface area (Å²) in [5.41, 5.74) is 8.02. The van der Waals surface area contributed by atoms with Crippen molar-refractivity contribution in [3.05, 3.63) is 53.9 Å². The predicted molar refractivity (Wildman–Crippen MR) is 72.7 cm³/mol. The molecular formula is C15H18N2O. The van der Waals surface area contributed by atoms with Gasteiger partial charge < -0.3 is 10.5 Å². The first-order valence-electron chi connectivity index (χ1n) is 6.15. The molecule has 2 rings (SSSR count). The molecule has 0 aliphatic carbocycles. The van der Waals surface area contributed by atoms with Crippen LogP contribution < -0.4 is 10.5 Å². The Morgan fingerprint density at radius 2 is 1.78 bits per heavy atom. The smallest absolute Gasteiger partial charge is 0.145 e. The first-order chi connectivity index (χ1) is 8.69. The molecule has 0 spiro atoms. The number of aromatic nitrogens is 1. The van der Waals surface area contributed by atoms with Crippen molar-refractivity contribution in [2.75, 3.05) is 0 Å². The summed E-state index contributed by atoms with van der Waals surface area (Å²) in [6, 6.07) is 11.7. The molecule has 0 aliphatic rings. The van der Waals surface area contributed by atoms with Crippen LogP contribution in [-0.4, -0.2) is 4.98 Å². The molecular weight excluding hydrogens is 224 g/mol. The molecule has 0 fully saturated rings. The Hall–Kier alpha value is -1.87.